The number of amides is 1. The van der Waals surface area contributed by atoms with Crippen LogP contribution in [-0.4, -0.2) is 50.9 Å². The van der Waals surface area contributed by atoms with E-state index in [4.69, 9.17) is 16.3 Å². The van der Waals surface area contributed by atoms with Crippen molar-refractivity contribution in [1.29, 1.82) is 0 Å². The Morgan fingerprint density at radius 2 is 2.05 bits per heavy atom. The first kappa shape index (κ1) is 17.1. The molecule has 1 aliphatic heterocycles. The molecule has 1 atom stereocenters. The molecule has 7 heteroatoms. The smallest absolute Gasteiger partial charge is 0.257 e. The van der Waals surface area contributed by atoms with Crippen molar-refractivity contribution in [2.45, 2.75) is 26.3 Å². The molecule has 0 N–H and O–H groups in total. The van der Waals surface area contributed by atoms with E-state index in [0.29, 0.717) is 28.3 Å². The molecule has 1 fully saturated rings. The first-order valence-electron chi connectivity index (χ1n) is 6.99. The van der Waals surface area contributed by atoms with Gasteiger partial charge in [0.25, 0.3) is 5.91 Å². The number of hydrogen-bond donors (Lipinski definition) is 0. The van der Waals surface area contributed by atoms with Crippen molar-refractivity contribution in [3.05, 3.63) is 27.8 Å². The van der Waals surface area contributed by atoms with Crippen LogP contribution in [0.2, 0.25) is 5.02 Å². The first-order chi connectivity index (χ1) is 10.2. The Bertz CT molecular complexity index is 715. The number of nitrogens with zero attached hydrogens (tertiary/aromatic N) is 1. The maximum absolute atomic E-state index is 12.8. The van der Waals surface area contributed by atoms with Crippen LogP contribution in [0.1, 0.15) is 27.9 Å². The highest BCUT2D eigenvalue weighted by Gasteiger charge is 2.34. The Labute approximate surface area is 136 Å². The second-order valence-corrected chi connectivity index (χ2v) is 8.29. The Morgan fingerprint density at radius 1 is 1.41 bits per heavy atom. The number of carbonyl (C=O) groups is 1. The third-order valence-electron chi connectivity index (χ3n) is 4.15. The Hall–Kier alpha value is -1.27. The number of ether oxygens (including phenoxy) is 1. The van der Waals surface area contributed by atoms with E-state index in [1.165, 1.54) is 12.0 Å². The van der Waals surface area contributed by atoms with Crippen LogP contribution in [0.4, 0.5) is 0 Å². The Kier molecular flexibility index (Phi) is 4.73. The van der Waals surface area contributed by atoms with Crippen molar-refractivity contribution >= 4 is 27.3 Å². The van der Waals surface area contributed by atoms with Crippen molar-refractivity contribution in [3.8, 4) is 5.75 Å². The van der Waals surface area contributed by atoms with Crippen molar-refractivity contribution < 1.29 is 17.9 Å². The predicted molar refractivity (Wildman–Crippen MR) is 86.6 cm³/mol. The van der Waals surface area contributed by atoms with Crippen LogP contribution in [0, 0.1) is 13.8 Å². The van der Waals surface area contributed by atoms with Crippen LogP contribution >= 0.6 is 11.6 Å². The largest absolute Gasteiger partial charge is 0.496 e. The summed E-state index contributed by atoms with van der Waals surface area (Å²) in [5.41, 5.74) is 1.87. The number of rotatable bonds is 3. The quantitative estimate of drug-likeness (QED) is 0.842. The van der Waals surface area contributed by atoms with Crippen molar-refractivity contribution in [3.63, 3.8) is 0 Å². The third-order valence-corrected chi connectivity index (χ3v) is 6.49. The molecule has 1 amide bonds. The molecule has 1 saturated heterocycles. The van der Waals surface area contributed by atoms with Gasteiger partial charge >= 0.3 is 0 Å². The summed E-state index contributed by atoms with van der Waals surface area (Å²) < 4.78 is 28.5. The van der Waals surface area contributed by atoms with Gasteiger partial charge in [0.1, 0.15) is 5.75 Å². The predicted octanol–water partition coefficient (Wildman–Crippen LogP) is 2.22. The Balaban J connectivity index is 2.39. The van der Waals surface area contributed by atoms with Crippen molar-refractivity contribution in [1.82, 2.24) is 4.90 Å². The molecule has 0 spiro atoms. The zero-order valence-electron chi connectivity index (χ0n) is 13.1. The van der Waals surface area contributed by atoms with E-state index < -0.39 is 9.84 Å². The van der Waals surface area contributed by atoms with E-state index in [1.54, 1.807) is 20.0 Å². The minimum absolute atomic E-state index is 0.0101. The molecule has 0 aromatic heterocycles. The molecule has 22 heavy (non-hydrogen) atoms. The number of aryl methyl sites for hydroxylation is 1. The lowest BCUT2D eigenvalue weighted by Crippen LogP contribution is -2.38. The van der Waals surface area contributed by atoms with Crippen LogP contribution in [0.3, 0.4) is 0 Å². The van der Waals surface area contributed by atoms with Gasteiger partial charge in [0.15, 0.2) is 9.84 Å². The average Bonchev–Trinajstić information content (AvgIpc) is 2.83. The molecule has 2 rings (SSSR count). The maximum Gasteiger partial charge on any atom is 0.257 e. The molecule has 1 aromatic rings. The van der Waals surface area contributed by atoms with Crippen LogP contribution in [0.25, 0.3) is 0 Å². The average molecular weight is 346 g/mol. The zero-order valence-corrected chi connectivity index (χ0v) is 14.7. The van der Waals surface area contributed by atoms with E-state index in [1.807, 2.05) is 6.92 Å². The monoisotopic (exact) mass is 345 g/mol. The van der Waals surface area contributed by atoms with Crippen LogP contribution in [-0.2, 0) is 9.84 Å². The first-order valence-corrected chi connectivity index (χ1v) is 9.19. The van der Waals surface area contributed by atoms with E-state index >= 15 is 0 Å². The van der Waals surface area contributed by atoms with Crippen LogP contribution in [0.15, 0.2) is 6.07 Å². The molecule has 1 aromatic carbocycles. The van der Waals surface area contributed by atoms with E-state index in [0.717, 1.165) is 5.56 Å². The lowest BCUT2D eigenvalue weighted by Gasteiger charge is -2.25. The van der Waals surface area contributed by atoms with Gasteiger partial charge in [-0.3, -0.25) is 4.79 Å². The minimum Gasteiger partial charge on any atom is -0.496 e. The summed E-state index contributed by atoms with van der Waals surface area (Å²) in [4.78, 5) is 14.3. The van der Waals surface area contributed by atoms with Gasteiger partial charge in [0.05, 0.1) is 24.2 Å². The second-order valence-electron chi connectivity index (χ2n) is 5.68. The second kappa shape index (κ2) is 6.08. The number of methoxy groups -OCH3 is 1. The zero-order chi connectivity index (χ0) is 16.7. The summed E-state index contributed by atoms with van der Waals surface area (Å²) in [5, 5.41) is 0.525. The van der Waals surface area contributed by atoms with Gasteiger partial charge < -0.3 is 9.64 Å². The fourth-order valence-corrected chi connectivity index (χ4v) is 4.70. The summed E-state index contributed by atoms with van der Waals surface area (Å²) >= 11 is 6.24. The van der Waals surface area contributed by atoms with E-state index in [9.17, 15) is 13.2 Å². The van der Waals surface area contributed by atoms with Gasteiger partial charge in [-0.1, -0.05) is 11.6 Å². The fraction of sp³-hybridized carbons (Fsp3) is 0.533. The highest BCUT2D eigenvalue weighted by atomic mass is 35.5. The molecule has 0 radical (unpaired) electrons. The highest BCUT2D eigenvalue weighted by molar-refractivity contribution is 7.91. The van der Waals surface area contributed by atoms with Gasteiger partial charge in [0, 0.05) is 18.1 Å². The standard InChI is InChI=1S/C15H20ClNO4S/c1-9-7-12(21-4)13(10(2)14(9)16)15(18)17(3)11-5-6-22(19,20)8-11/h7,11H,5-6,8H2,1-4H3. The van der Waals surface area contributed by atoms with Gasteiger partial charge in [-0.25, -0.2) is 8.42 Å². The van der Waals surface area contributed by atoms with E-state index in [2.05, 4.69) is 0 Å². The lowest BCUT2D eigenvalue weighted by molar-refractivity contribution is 0.0743. The van der Waals surface area contributed by atoms with Crippen LogP contribution < -0.4 is 4.74 Å². The number of benzene rings is 1. The van der Waals surface area contributed by atoms with E-state index in [-0.39, 0.29) is 23.5 Å². The molecule has 1 unspecified atom stereocenters. The summed E-state index contributed by atoms with van der Waals surface area (Å²) in [5.74, 6) is 0.325. The van der Waals surface area contributed by atoms with Gasteiger partial charge in [-0.05, 0) is 37.5 Å². The number of carbonyl (C=O) groups excluding carboxylic acids is 1. The molecule has 0 aliphatic carbocycles. The molecule has 122 valence electrons. The molecule has 1 aliphatic rings. The highest BCUT2D eigenvalue weighted by Crippen LogP contribution is 2.33. The summed E-state index contributed by atoms with van der Waals surface area (Å²) in [7, 11) is 0.0763. The lowest BCUT2D eigenvalue weighted by atomic mass is 10.0. The fourth-order valence-electron chi connectivity index (χ4n) is 2.77. The van der Waals surface area contributed by atoms with Crippen molar-refractivity contribution in [2.75, 3.05) is 25.7 Å². The SMILES string of the molecule is COc1cc(C)c(Cl)c(C)c1C(=O)N(C)C1CCS(=O)(=O)C1. The summed E-state index contributed by atoms with van der Waals surface area (Å²) in [6.07, 6.45) is 0.464. The topological polar surface area (TPSA) is 63.7 Å². The van der Waals surface area contributed by atoms with Crippen molar-refractivity contribution in [2.24, 2.45) is 0 Å². The molecular formula is C15H20ClNO4S. The minimum atomic E-state index is -3.05. The molecule has 5 nitrogen and oxygen atoms in total. The van der Waals surface area contributed by atoms with Gasteiger partial charge in [0.2, 0.25) is 0 Å². The normalized spacial score (nSPS) is 20.0. The van der Waals surface area contributed by atoms with Gasteiger partial charge in [-0.2, -0.15) is 0 Å². The summed E-state index contributed by atoms with van der Waals surface area (Å²) in [6.45, 7) is 3.61. The number of sulfone groups is 1. The third kappa shape index (κ3) is 3.08. The Morgan fingerprint density at radius 3 is 2.55 bits per heavy atom. The summed E-state index contributed by atoms with van der Waals surface area (Å²) in [6, 6.07) is 1.42. The number of halogens is 1. The van der Waals surface area contributed by atoms with Gasteiger partial charge in [-0.15, -0.1) is 0 Å². The maximum atomic E-state index is 12.8. The molecular weight excluding hydrogens is 326 g/mol. The molecule has 0 saturated carbocycles. The van der Waals surface area contributed by atoms with Crippen LogP contribution in [0.5, 0.6) is 5.75 Å². The molecule has 1 heterocycles. The number of hydrogen-bond acceptors (Lipinski definition) is 4. The molecule has 0 bridgehead atoms.